The number of hydrogen-bond donors (Lipinski definition) is 2. The number of unbranched alkanes of at least 4 members (excludes halogenated alkanes) is 2. The van der Waals surface area contributed by atoms with Gasteiger partial charge in [-0.1, -0.05) is 26.7 Å². The highest BCUT2D eigenvalue weighted by Gasteiger charge is 2.23. The second-order valence-electron chi connectivity index (χ2n) is 5.54. The van der Waals surface area contributed by atoms with Gasteiger partial charge in [0, 0.05) is 0 Å². The molecule has 0 amide bonds. The summed E-state index contributed by atoms with van der Waals surface area (Å²) < 4.78 is 0. The van der Waals surface area contributed by atoms with E-state index in [9.17, 15) is 0 Å². The van der Waals surface area contributed by atoms with Crippen LogP contribution in [0.2, 0.25) is 0 Å². The fourth-order valence-corrected chi connectivity index (χ4v) is 2.67. The van der Waals surface area contributed by atoms with Gasteiger partial charge >= 0.3 is 0 Å². The highest BCUT2D eigenvalue weighted by Crippen LogP contribution is 1.97. The summed E-state index contributed by atoms with van der Waals surface area (Å²) in [7, 11) is 0. The summed E-state index contributed by atoms with van der Waals surface area (Å²) in [4.78, 5) is 11.9. The van der Waals surface area contributed by atoms with Crippen molar-refractivity contribution < 1.29 is 9.80 Å². The molecule has 0 bridgehead atoms. The molecule has 4 nitrogen and oxygen atoms in total. The SMILES string of the molecule is CCCC[NH+]1C=CN=C1CCC1=NC=C[NH+]1CCCC. The van der Waals surface area contributed by atoms with Gasteiger partial charge in [-0.05, 0) is 12.8 Å². The van der Waals surface area contributed by atoms with Crippen LogP contribution in [0, 0.1) is 0 Å². The van der Waals surface area contributed by atoms with E-state index in [2.05, 4.69) is 36.2 Å². The average molecular weight is 276 g/mol. The van der Waals surface area contributed by atoms with Gasteiger partial charge in [-0.3, -0.25) is 9.80 Å². The first-order valence-electron chi connectivity index (χ1n) is 8.04. The zero-order chi connectivity index (χ0) is 14.2. The Bertz CT molecular complexity index is 380. The van der Waals surface area contributed by atoms with Gasteiger partial charge in [-0.25, -0.2) is 9.98 Å². The van der Waals surface area contributed by atoms with Gasteiger partial charge in [0.2, 0.25) is 11.7 Å². The molecule has 2 aliphatic rings. The van der Waals surface area contributed by atoms with Crippen LogP contribution in [0.5, 0.6) is 0 Å². The number of nitrogens with zero attached hydrogens (tertiary/aromatic N) is 2. The highest BCUT2D eigenvalue weighted by atomic mass is 15.2. The Kier molecular flexibility index (Phi) is 6.15. The van der Waals surface area contributed by atoms with Crippen molar-refractivity contribution in [3.8, 4) is 0 Å². The molecule has 2 rings (SSSR count). The number of quaternary nitrogens is 2. The first kappa shape index (κ1) is 15.1. The normalized spacial score (nSPS) is 24.3. The molecule has 0 aromatic carbocycles. The molecule has 2 atom stereocenters. The molecule has 2 N–H and O–H groups in total. The molecular formula is C16H28N4+2. The number of amidine groups is 2. The lowest BCUT2D eigenvalue weighted by molar-refractivity contribution is -0.749. The Hall–Kier alpha value is -1.26. The van der Waals surface area contributed by atoms with Crippen LogP contribution in [0.25, 0.3) is 0 Å². The van der Waals surface area contributed by atoms with Crippen molar-refractivity contribution in [2.75, 3.05) is 13.1 Å². The minimum absolute atomic E-state index is 1.03. The quantitative estimate of drug-likeness (QED) is 0.627. The molecule has 0 aromatic heterocycles. The van der Waals surface area contributed by atoms with Crippen molar-refractivity contribution in [1.82, 2.24) is 0 Å². The van der Waals surface area contributed by atoms with Gasteiger partial charge in [-0.15, -0.1) is 0 Å². The molecule has 2 heterocycles. The van der Waals surface area contributed by atoms with Crippen molar-refractivity contribution >= 4 is 11.7 Å². The Morgan fingerprint density at radius 3 is 1.65 bits per heavy atom. The van der Waals surface area contributed by atoms with Crippen LogP contribution in [-0.2, 0) is 0 Å². The zero-order valence-corrected chi connectivity index (χ0v) is 12.9. The summed E-state index contributed by atoms with van der Waals surface area (Å²) in [6, 6.07) is 0. The Balaban J connectivity index is 1.77. The summed E-state index contributed by atoms with van der Waals surface area (Å²) >= 11 is 0. The lowest BCUT2D eigenvalue weighted by Gasteiger charge is -2.14. The maximum atomic E-state index is 4.53. The van der Waals surface area contributed by atoms with Crippen LogP contribution in [0.4, 0.5) is 0 Å². The molecule has 4 heteroatoms. The predicted molar refractivity (Wildman–Crippen MR) is 83.9 cm³/mol. The van der Waals surface area contributed by atoms with Crippen LogP contribution in [0.1, 0.15) is 52.4 Å². The highest BCUT2D eigenvalue weighted by molar-refractivity contribution is 5.83. The van der Waals surface area contributed by atoms with Gasteiger partial charge in [0.15, 0.2) is 0 Å². The second kappa shape index (κ2) is 8.12. The molecule has 0 radical (unpaired) electrons. The predicted octanol–water partition coefficient (Wildman–Crippen LogP) is 0.903. The van der Waals surface area contributed by atoms with Crippen LogP contribution < -0.4 is 9.80 Å². The third-order valence-corrected chi connectivity index (χ3v) is 3.95. The van der Waals surface area contributed by atoms with Crippen molar-refractivity contribution in [1.29, 1.82) is 0 Å². The zero-order valence-electron chi connectivity index (χ0n) is 12.9. The largest absolute Gasteiger partial charge is 0.262 e. The number of aliphatic imine (C=N–C) groups is 2. The van der Waals surface area contributed by atoms with E-state index in [0.29, 0.717) is 0 Å². The van der Waals surface area contributed by atoms with Gasteiger partial charge in [0.25, 0.3) is 0 Å². The standard InChI is InChI=1S/C16H26N4/c1-3-5-11-19-13-9-17-15(19)7-8-16-18-10-14-20(16)12-6-4-2/h9-10,13-14H,3-8,11-12H2,1-2H3/p+2. The summed E-state index contributed by atoms with van der Waals surface area (Å²) in [6.45, 7) is 6.82. The number of nitrogens with one attached hydrogen (secondary N) is 2. The van der Waals surface area contributed by atoms with Crippen molar-refractivity contribution in [2.45, 2.75) is 52.4 Å². The van der Waals surface area contributed by atoms with E-state index in [4.69, 9.17) is 0 Å². The van der Waals surface area contributed by atoms with Crippen LogP contribution in [0.3, 0.4) is 0 Å². The van der Waals surface area contributed by atoms with Gasteiger partial charge in [-0.2, -0.15) is 0 Å². The summed E-state index contributed by atoms with van der Waals surface area (Å²) in [5, 5.41) is 0. The van der Waals surface area contributed by atoms with Crippen molar-refractivity contribution in [2.24, 2.45) is 9.98 Å². The third kappa shape index (κ3) is 4.12. The molecular weight excluding hydrogens is 248 g/mol. The molecule has 0 saturated carbocycles. The molecule has 0 aliphatic carbocycles. The van der Waals surface area contributed by atoms with E-state index < -0.39 is 0 Å². The topological polar surface area (TPSA) is 33.6 Å². The number of hydrogen-bond acceptors (Lipinski definition) is 2. The van der Waals surface area contributed by atoms with Gasteiger partial charge < -0.3 is 0 Å². The fraction of sp³-hybridized carbons (Fsp3) is 0.625. The van der Waals surface area contributed by atoms with E-state index in [1.165, 1.54) is 60.2 Å². The molecule has 0 spiro atoms. The Morgan fingerprint density at radius 1 is 0.800 bits per heavy atom. The Morgan fingerprint density at radius 2 is 1.25 bits per heavy atom. The maximum absolute atomic E-state index is 4.53. The van der Waals surface area contributed by atoms with Crippen LogP contribution >= 0.6 is 0 Å². The summed E-state index contributed by atoms with van der Waals surface area (Å²) in [5.41, 5.74) is 0. The van der Waals surface area contributed by atoms with Crippen LogP contribution in [-0.4, -0.2) is 24.8 Å². The lowest BCUT2D eigenvalue weighted by Crippen LogP contribution is -3.10. The van der Waals surface area contributed by atoms with Gasteiger partial charge in [0.1, 0.15) is 12.4 Å². The second-order valence-corrected chi connectivity index (χ2v) is 5.54. The van der Waals surface area contributed by atoms with E-state index in [1.807, 2.05) is 12.4 Å². The van der Waals surface area contributed by atoms with E-state index >= 15 is 0 Å². The smallest absolute Gasteiger partial charge is 0.206 e. The lowest BCUT2D eigenvalue weighted by atomic mass is 10.2. The van der Waals surface area contributed by atoms with Crippen LogP contribution in [0.15, 0.2) is 34.8 Å². The third-order valence-electron chi connectivity index (χ3n) is 3.95. The molecule has 0 aromatic rings. The van der Waals surface area contributed by atoms with E-state index in [0.717, 1.165) is 12.8 Å². The first-order valence-corrected chi connectivity index (χ1v) is 8.04. The average Bonchev–Trinajstić information content (AvgIpc) is 3.09. The van der Waals surface area contributed by atoms with Gasteiger partial charge in [0.05, 0.1) is 38.3 Å². The monoisotopic (exact) mass is 276 g/mol. The molecule has 2 unspecified atom stereocenters. The molecule has 110 valence electrons. The molecule has 2 aliphatic heterocycles. The van der Waals surface area contributed by atoms with Crippen molar-refractivity contribution in [3.63, 3.8) is 0 Å². The van der Waals surface area contributed by atoms with Crippen molar-refractivity contribution in [3.05, 3.63) is 24.8 Å². The minimum atomic E-state index is 1.03. The summed E-state index contributed by atoms with van der Waals surface area (Å²) in [5.74, 6) is 2.56. The fourth-order valence-electron chi connectivity index (χ4n) is 2.67. The van der Waals surface area contributed by atoms with E-state index in [-0.39, 0.29) is 0 Å². The minimum Gasteiger partial charge on any atom is -0.262 e. The molecule has 0 fully saturated rings. The van der Waals surface area contributed by atoms with E-state index in [1.54, 1.807) is 0 Å². The number of rotatable bonds is 9. The first-order chi connectivity index (χ1) is 9.85. The molecule has 20 heavy (non-hydrogen) atoms. The maximum Gasteiger partial charge on any atom is 0.206 e. The summed E-state index contributed by atoms with van der Waals surface area (Å²) in [6.07, 6.45) is 15.3. The Labute approximate surface area is 122 Å². The molecule has 0 saturated heterocycles.